The Balaban J connectivity index is 1.63. The molecule has 2 aromatic rings. The molecule has 1 amide bonds. The van der Waals surface area contributed by atoms with Gasteiger partial charge in [-0.1, -0.05) is 50.6 Å². The normalized spacial score (nSPS) is 31.3. The van der Waals surface area contributed by atoms with Crippen LogP contribution in [0, 0.1) is 17.0 Å². The predicted molar refractivity (Wildman–Crippen MR) is 142 cm³/mol. The lowest BCUT2D eigenvalue weighted by Crippen LogP contribution is -2.49. The Hall–Kier alpha value is -2.22. The first-order valence-corrected chi connectivity index (χ1v) is 13.6. The largest absolute Gasteiger partial charge is 0.393 e. The maximum Gasteiger partial charge on any atom is 0.238 e. The molecule has 1 saturated carbocycles. The van der Waals surface area contributed by atoms with E-state index >= 15 is 4.39 Å². The quantitative estimate of drug-likeness (QED) is 0.434. The summed E-state index contributed by atoms with van der Waals surface area (Å²) in [6.07, 6.45) is 3.10. The molecule has 4 atom stereocenters. The van der Waals surface area contributed by atoms with Gasteiger partial charge >= 0.3 is 0 Å². The van der Waals surface area contributed by atoms with E-state index in [1.54, 1.807) is 18.2 Å². The van der Waals surface area contributed by atoms with E-state index in [0.717, 1.165) is 12.0 Å². The first-order valence-electron chi connectivity index (χ1n) is 13.2. The van der Waals surface area contributed by atoms with Gasteiger partial charge in [0.05, 0.1) is 17.2 Å². The molecule has 1 saturated heterocycles. The molecule has 2 aliphatic heterocycles. The highest BCUT2D eigenvalue weighted by molar-refractivity contribution is 6.30. The summed E-state index contributed by atoms with van der Waals surface area (Å²) < 4.78 is 30.0. The Bertz CT molecular complexity index is 1180. The van der Waals surface area contributed by atoms with Gasteiger partial charge in [-0.05, 0) is 66.8 Å². The summed E-state index contributed by atoms with van der Waals surface area (Å²) in [6, 6.07) is 8.70. The summed E-state index contributed by atoms with van der Waals surface area (Å²) in [5.74, 6) is -1.63. The van der Waals surface area contributed by atoms with Crippen LogP contribution in [0.3, 0.4) is 0 Å². The number of hydrogen-bond donors (Lipinski definition) is 4. The van der Waals surface area contributed by atoms with Crippen molar-refractivity contribution in [3.05, 3.63) is 64.2 Å². The van der Waals surface area contributed by atoms with Gasteiger partial charge in [-0.25, -0.2) is 8.78 Å². The van der Waals surface area contributed by atoms with Crippen molar-refractivity contribution in [2.75, 3.05) is 11.9 Å². The molecule has 5 rings (SSSR count). The monoisotopic (exact) mass is 531 g/mol. The number of benzene rings is 2. The maximum atomic E-state index is 15.7. The SMILES string of the molecule is CC(C)(C)C[C@H]1N[C@@H](C(=O)NC2CCC(O)CC2)[C@H](c2cccc(Cl)c2F)[C@@]12CNc1cc(F)ccc12. The van der Waals surface area contributed by atoms with Gasteiger partial charge < -0.3 is 21.1 Å². The number of fused-ring (bicyclic) bond motifs is 2. The summed E-state index contributed by atoms with van der Waals surface area (Å²) in [6.45, 7) is 6.87. The van der Waals surface area contributed by atoms with Crippen LogP contribution in [0.1, 0.15) is 69.9 Å². The Morgan fingerprint density at radius 3 is 2.59 bits per heavy atom. The van der Waals surface area contributed by atoms with Crippen molar-refractivity contribution in [1.29, 1.82) is 0 Å². The first-order chi connectivity index (χ1) is 17.5. The molecule has 0 unspecified atom stereocenters. The smallest absolute Gasteiger partial charge is 0.238 e. The van der Waals surface area contributed by atoms with Gasteiger partial charge in [0.2, 0.25) is 5.91 Å². The van der Waals surface area contributed by atoms with Crippen molar-refractivity contribution < 1.29 is 18.7 Å². The molecule has 1 spiro atoms. The third kappa shape index (κ3) is 4.86. The van der Waals surface area contributed by atoms with E-state index in [0.29, 0.717) is 43.5 Å². The van der Waals surface area contributed by atoms with Crippen molar-refractivity contribution in [1.82, 2.24) is 10.6 Å². The van der Waals surface area contributed by atoms with Crippen LogP contribution in [0.25, 0.3) is 0 Å². The lowest BCUT2D eigenvalue weighted by molar-refractivity contribution is -0.124. The fraction of sp³-hybridized carbons (Fsp3) is 0.552. The van der Waals surface area contributed by atoms with Crippen LogP contribution in [0.5, 0.6) is 0 Å². The molecular formula is C29H36ClF2N3O2. The third-order valence-electron chi connectivity index (χ3n) is 8.40. The van der Waals surface area contributed by atoms with Crippen LogP contribution in [-0.4, -0.2) is 41.8 Å². The minimum atomic E-state index is -0.718. The number of aliphatic hydroxyl groups is 1. The Morgan fingerprint density at radius 1 is 1.16 bits per heavy atom. The molecule has 5 nitrogen and oxygen atoms in total. The van der Waals surface area contributed by atoms with Gasteiger partial charge in [-0.3, -0.25) is 4.79 Å². The van der Waals surface area contributed by atoms with Gasteiger partial charge in [0, 0.05) is 35.6 Å². The molecule has 1 aliphatic carbocycles. The number of halogens is 3. The number of anilines is 1. The van der Waals surface area contributed by atoms with Crippen LogP contribution < -0.4 is 16.0 Å². The van der Waals surface area contributed by atoms with Crippen molar-refractivity contribution in [3.8, 4) is 0 Å². The molecule has 37 heavy (non-hydrogen) atoms. The van der Waals surface area contributed by atoms with Crippen LogP contribution in [-0.2, 0) is 10.2 Å². The molecule has 4 N–H and O–H groups in total. The predicted octanol–water partition coefficient (Wildman–Crippen LogP) is 5.26. The van der Waals surface area contributed by atoms with Crippen LogP contribution in [0.2, 0.25) is 5.02 Å². The number of carbonyl (C=O) groups excluding carboxylic acids is 1. The van der Waals surface area contributed by atoms with Gasteiger partial charge in [-0.2, -0.15) is 0 Å². The second-order valence-electron chi connectivity index (χ2n) is 12.2. The number of aliphatic hydroxyl groups excluding tert-OH is 1. The summed E-state index contributed by atoms with van der Waals surface area (Å²) >= 11 is 6.26. The van der Waals surface area contributed by atoms with Crippen LogP contribution in [0.15, 0.2) is 36.4 Å². The van der Waals surface area contributed by atoms with Crippen molar-refractivity contribution in [2.45, 2.75) is 88.4 Å². The van der Waals surface area contributed by atoms with E-state index in [9.17, 15) is 14.3 Å². The number of carbonyl (C=O) groups is 1. The Kier molecular flexibility index (Phi) is 7.01. The van der Waals surface area contributed by atoms with E-state index in [1.807, 2.05) is 0 Å². The van der Waals surface area contributed by atoms with Crippen LogP contribution >= 0.6 is 11.6 Å². The summed E-state index contributed by atoms with van der Waals surface area (Å²) in [4.78, 5) is 13.9. The minimum absolute atomic E-state index is 0.0117. The molecule has 0 bridgehead atoms. The topological polar surface area (TPSA) is 73.4 Å². The molecule has 2 fully saturated rings. The molecule has 2 aromatic carbocycles. The Labute approximate surface area is 222 Å². The van der Waals surface area contributed by atoms with Crippen molar-refractivity contribution >= 4 is 23.2 Å². The highest BCUT2D eigenvalue weighted by atomic mass is 35.5. The van der Waals surface area contributed by atoms with Gasteiger partial charge in [-0.15, -0.1) is 0 Å². The average molecular weight is 532 g/mol. The summed E-state index contributed by atoms with van der Waals surface area (Å²) in [7, 11) is 0. The molecule has 200 valence electrons. The third-order valence-corrected chi connectivity index (χ3v) is 8.70. The van der Waals surface area contributed by atoms with E-state index in [2.05, 4.69) is 36.7 Å². The molecule has 0 radical (unpaired) electrons. The Morgan fingerprint density at radius 2 is 1.89 bits per heavy atom. The molecule has 8 heteroatoms. The van der Waals surface area contributed by atoms with E-state index < -0.39 is 23.2 Å². The lowest BCUT2D eigenvalue weighted by Gasteiger charge is -2.39. The van der Waals surface area contributed by atoms with Gasteiger partial charge in [0.25, 0.3) is 0 Å². The molecular weight excluding hydrogens is 496 g/mol. The minimum Gasteiger partial charge on any atom is -0.393 e. The van der Waals surface area contributed by atoms with Gasteiger partial charge in [0.15, 0.2) is 0 Å². The van der Waals surface area contributed by atoms with Crippen molar-refractivity contribution in [3.63, 3.8) is 0 Å². The number of hydrogen-bond acceptors (Lipinski definition) is 4. The molecule has 0 aromatic heterocycles. The lowest BCUT2D eigenvalue weighted by atomic mass is 9.63. The molecule has 2 heterocycles. The zero-order valence-electron chi connectivity index (χ0n) is 21.6. The zero-order valence-corrected chi connectivity index (χ0v) is 22.3. The van der Waals surface area contributed by atoms with Crippen molar-refractivity contribution in [2.24, 2.45) is 5.41 Å². The highest BCUT2D eigenvalue weighted by Crippen LogP contribution is 2.56. The summed E-state index contributed by atoms with van der Waals surface area (Å²) in [5, 5.41) is 20.1. The number of rotatable bonds is 4. The highest BCUT2D eigenvalue weighted by Gasteiger charge is 2.61. The molecule has 3 aliphatic rings. The standard InChI is InChI=1S/C29H36ClF2N3O2/c1-28(2,3)14-23-29(15-33-22-13-16(31)7-12-20(22)29)24(19-5-4-6-21(30)25(19)32)26(35-23)27(37)34-17-8-10-18(36)11-9-17/h4-7,12-13,17-18,23-24,26,33,35-36H,8-11,14-15H2,1-3H3,(H,34,37)/t17?,18?,23-,24+,26-,29-/m1/s1. The first kappa shape index (κ1) is 26.4. The van der Waals surface area contributed by atoms with E-state index in [4.69, 9.17) is 11.6 Å². The van der Waals surface area contributed by atoms with Gasteiger partial charge in [0.1, 0.15) is 11.6 Å². The maximum absolute atomic E-state index is 15.7. The number of amides is 1. The number of nitrogens with one attached hydrogen (secondary N) is 3. The zero-order chi connectivity index (χ0) is 26.5. The summed E-state index contributed by atoms with van der Waals surface area (Å²) in [5.41, 5.74) is 1.16. The van der Waals surface area contributed by atoms with Crippen LogP contribution in [0.4, 0.5) is 14.5 Å². The average Bonchev–Trinajstić information content (AvgIpc) is 3.35. The van der Waals surface area contributed by atoms with E-state index in [1.165, 1.54) is 18.2 Å². The second kappa shape index (κ2) is 9.83. The second-order valence-corrected chi connectivity index (χ2v) is 12.6. The van der Waals surface area contributed by atoms with E-state index in [-0.39, 0.29) is 40.3 Å². The fourth-order valence-corrected chi connectivity index (χ4v) is 6.96. The fourth-order valence-electron chi connectivity index (χ4n) is 6.78.